The normalized spacial score (nSPS) is 10.1. The number of ether oxygens (including phenoxy) is 2. The van der Waals surface area contributed by atoms with E-state index < -0.39 is 4.92 Å². The Morgan fingerprint density at radius 1 is 1.05 bits per heavy atom. The Kier molecular flexibility index (Phi) is 5.11. The van der Waals surface area contributed by atoms with Gasteiger partial charge in [-0.3, -0.25) is 10.1 Å². The van der Waals surface area contributed by atoms with Crippen LogP contribution in [0.2, 0.25) is 0 Å². The zero-order valence-electron chi connectivity index (χ0n) is 11.3. The molecule has 0 amide bonds. The van der Waals surface area contributed by atoms with Crippen LogP contribution in [0, 0.1) is 10.1 Å². The summed E-state index contributed by atoms with van der Waals surface area (Å²) in [6, 6.07) is 13.5. The lowest BCUT2D eigenvalue weighted by Gasteiger charge is -2.09. The molecule has 0 aromatic heterocycles. The first-order valence-electron chi connectivity index (χ1n) is 6.39. The van der Waals surface area contributed by atoms with Gasteiger partial charge in [-0.05, 0) is 29.8 Å². The fourth-order valence-electron chi connectivity index (χ4n) is 1.75. The minimum atomic E-state index is -0.519. The molecule has 0 aliphatic rings. The van der Waals surface area contributed by atoms with Crippen molar-refractivity contribution < 1.29 is 19.5 Å². The molecule has 0 heterocycles. The number of para-hydroxylation sites is 1. The number of rotatable bonds is 7. The van der Waals surface area contributed by atoms with E-state index in [0.717, 1.165) is 0 Å². The minimum Gasteiger partial charge on any atom is -0.490 e. The molecule has 110 valence electrons. The average molecular weight is 289 g/mol. The van der Waals surface area contributed by atoms with Crippen LogP contribution in [0.1, 0.15) is 5.56 Å². The molecule has 2 aromatic carbocycles. The molecule has 6 heteroatoms. The fraction of sp³-hybridized carbons (Fsp3) is 0.200. The van der Waals surface area contributed by atoms with Crippen LogP contribution in [0.25, 0.3) is 0 Å². The summed E-state index contributed by atoms with van der Waals surface area (Å²) in [6.45, 7) is 0.240. The van der Waals surface area contributed by atoms with Crippen molar-refractivity contribution >= 4 is 5.69 Å². The van der Waals surface area contributed by atoms with Gasteiger partial charge >= 0.3 is 5.69 Å². The van der Waals surface area contributed by atoms with Crippen molar-refractivity contribution in [2.24, 2.45) is 0 Å². The van der Waals surface area contributed by atoms with E-state index in [2.05, 4.69) is 0 Å². The smallest absolute Gasteiger partial charge is 0.310 e. The van der Waals surface area contributed by atoms with Crippen molar-refractivity contribution in [1.29, 1.82) is 0 Å². The molecule has 2 rings (SSSR count). The van der Waals surface area contributed by atoms with Crippen LogP contribution in [0.4, 0.5) is 5.69 Å². The number of nitro benzene ring substituents is 1. The number of nitrogens with zero attached hydrogens (tertiary/aromatic N) is 1. The Bertz CT molecular complexity index is 600. The predicted octanol–water partition coefficient (Wildman–Crippen LogP) is 2.54. The van der Waals surface area contributed by atoms with Gasteiger partial charge in [-0.2, -0.15) is 0 Å². The third kappa shape index (κ3) is 4.19. The lowest BCUT2D eigenvalue weighted by Crippen LogP contribution is -2.10. The number of hydrogen-bond donors (Lipinski definition) is 1. The molecular formula is C15H15NO5. The van der Waals surface area contributed by atoms with E-state index in [0.29, 0.717) is 11.3 Å². The molecule has 0 saturated carbocycles. The maximum absolute atomic E-state index is 10.9. The summed E-state index contributed by atoms with van der Waals surface area (Å²) < 4.78 is 10.8. The molecular weight excluding hydrogens is 274 g/mol. The molecule has 0 unspecified atom stereocenters. The Balaban J connectivity index is 1.94. The van der Waals surface area contributed by atoms with Gasteiger partial charge in [-0.25, -0.2) is 0 Å². The number of nitro groups is 1. The number of benzene rings is 2. The largest absolute Gasteiger partial charge is 0.490 e. The second-order valence-electron chi connectivity index (χ2n) is 4.23. The van der Waals surface area contributed by atoms with E-state index >= 15 is 0 Å². The molecule has 0 atom stereocenters. The maximum atomic E-state index is 10.9. The van der Waals surface area contributed by atoms with Gasteiger partial charge in [0.25, 0.3) is 0 Å². The summed E-state index contributed by atoms with van der Waals surface area (Å²) in [6.07, 6.45) is 0. The Morgan fingerprint density at radius 2 is 1.76 bits per heavy atom. The Hall–Kier alpha value is -2.60. The molecule has 0 saturated heterocycles. The summed E-state index contributed by atoms with van der Waals surface area (Å²) in [5.74, 6) is 0.836. The summed E-state index contributed by atoms with van der Waals surface area (Å²) in [4.78, 5) is 10.4. The minimum absolute atomic E-state index is 0.128. The number of hydrogen-bond acceptors (Lipinski definition) is 5. The highest BCUT2D eigenvalue weighted by molar-refractivity contribution is 5.48. The van der Waals surface area contributed by atoms with Crippen LogP contribution >= 0.6 is 0 Å². The SMILES string of the molecule is O=[N+]([O-])c1ccc(CO)cc1OCCOc1ccccc1. The van der Waals surface area contributed by atoms with Gasteiger partial charge < -0.3 is 14.6 Å². The van der Waals surface area contributed by atoms with E-state index in [1.54, 1.807) is 0 Å². The first kappa shape index (κ1) is 14.8. The second-order valence-corrected chi connectivity index (χ2v) is 4.23. The number of aliphatic hydroxyl groups excluding tert-OH is 1. The second kappa shape index (κ2) is 7.25. The van der Waals surface area contributed by atoms with Crippen molar-refractivity contribution in [2.45, 2.75) is 6.61 Å². The summed E-state index contributed by atoms with van der Waals surface area (Å²) in [7, 11) is 0. The molecule has 0 spiro atoms. The van der Waals surface area contributed by atoms with E-state index in [-0.39, 0.29) is 31.3 Å². The van der Waals surface area contributed by atoms with Gasteiger partial charge in [-0.15, -0.1) is 0 Å². The molecule has 1 N–H and O–H groups in total. The van der Waals surface area contributed by atoms with Crippen molar-refractivity contribution in [1.82, 2.24) is 0 Å². The van der Waals surface area contributed by atoms with Crippen LogP contribution in [0.3, 0.4) is 0 Å². The monoisotopic (exact) mass is 289 g/mol. The lowest BCUT2D eigenvalue weighted by atomic mass is 10.2. The van der Waals surface area contributed by atoms with Crippen LogP contribution in [-0.4, -0.2) is 23.2 Å². The van der Waals surface area contributed by atoms with Crippen molar-refractivity contribution in [2.75, 3.05) is 13.2 Å². The van der Waals surface area contributed by atoms with Crippen molar-refractivity contribution in [3.63, 3.8) is 0 Å². The van der Waals surface area contributed by atoms with Gasteiger partial charge in [0.2, 0.25) is 0 Å². The van der Waals surface area contributed by atoms with E-state index in [9.17, 15) is 10.1 Å². The fourth-order valence-corrected chi connectivity index (χ4v) is 1.75. The Morgan fingerprint density at radius 3 is 2.43 bits per heavy atom. The number of aliphatic hydroxyl groups is 1. The highest BCUT2D eigenvalue weighted by Crippen LogP contribution is 2.28. The van der Waals surface area contributed by atoms with E-state index in [1.807, 2.05) is 30.3 Å². The predicted molar refractivity (Wildman–Crippen MR) is 76.5 cm³/mol. The van der Waals surface area contributed by atoms with Gasteiger partial charge in [0.15, 0.2) is 5.75 Å². The summed E-state index contributed by atoms with van der Waals surface area (Å²) >= 11 is 0. The van der Waals surface area contributed by atoms with Crippen LogP contribution in [-0.2, 0) is 6.61 Å². The maximum Gasteiger partial charge on any atom is 0.310 e. The molecule has 0 aliphatic heterocycles. The zero-order valence-corrected chi connectivity index (χ0v) is 11.3. The van der Waals surface area contributed by atoms with Gasteiger partial charge in [0.1, 0.15) is 19.0 Å². The van der Waals surface area contributed by atoms with E-state index in [4.69, 9.17) is 14.6 Å². The van der Waals surface area contributed by atoms with Gasteiger partial charge in [0, 0.05) is 6.07 Å². The van der Waals surface area contributed by atoms with Crippen molar-refractivity contribution in [3.05, 3.63) is 64.2 Å². The molecule has 0 aliphatic carbocycles. The van der Waals surface area contributed by atoms with Gasteiger partial charge in [-0.1, -0.05) is 18.2 Å². The first-order valence-corrected chi connectivity index (χ1v) is 6.39. The highest BCUT2D eigenvalue weighted by atomic mass is 16.6. The molecule has 21 heavy (non-hydrogen) atoms. The molecule has 0 radical (unpaired) electrons. The summed E-state index contributed by atoms with van der Waals surface area (Å²) in [5.41, 5.74) is 0.423. The molecule has 0 fully saturated rings. The third-order valence-electron chi connectivity index (χ3n) is 2.76. The zero-order chi connectivity index (χ0) is 15.1. The highest BCUT2D eigenvalue weighted by Gasteiger charge is 2.15. The average Bonchev–Trinajstić information content (AvgIpc) is 2.52. The van der Waals surface area contributed by atoms with Crippen molar-refractivity contribution in [3.8, 4) is 11.5 Å². The third-order valence-corrected chi connectivity index (χ3v) is 2.76. The lowest BCUT2D eigenvalue weighted by molar-refractivity contribution is -0.385. The topological polar surface area (TPSA) is 81.8 Å². The van der Waals surface area contributed by atoms with Crippen LogP contribution in [0.15, 0.2) is 48.5 Å². The first-order chi connectivity index (χ1) is 10.2. The Labute approximate surface area is 121 Å². The quantitative estimate of drug-likeness (QED) is 0.481. The van der Waals surface area contributed by atoms with Crippen LogP contribution < -0.4 is 9.47 Å². The van der Waals surface area contributed by atoms with Gasteiger partial charge in [0.05, 0.1) is 11.5 Å². The summed E-state index contributed by atoms with van der Waals surface area (Å²) in [5, 5.41) is 20.0. The molecule has 2 aromatic rings. The molecule has 6 nitrogen and oxygen atoms in total. The van der Waals surface area contributed by atoms with E-state index in [1.165, 1.54) is 18.2 Å². The molecule has 0 bridgehead atoms. The van der Waals surface area contributed by atoms with Crippen LogP contribution in [0.5, 0.6) is 11.5 Å². The standard InChI is InChI=1S/C15H15NO5/c17-11-12-6-7-14(16(18)19)15(10-12)21-9-8-20-13-4-2-1-3-5-13/h1-7,10,17H,8-9,11H2.